The predicted octanol–water partition coefficient (Wildman–Crippen LogP) is 1.94. The zero-order valence-corrected chi connectivity index (χ0v) is 16.5. The van der Waals surface area contributed by atoms with Crippen LogP contribution in [0.4, 0.5) is 5.69 Å². The van der Waals surface area contributed by atoms with Crippen LogP contribution in [0.2, 0.25) is 0 Å². The first-order valence-corrected chi connectivity index (χ1v) is 9.88. The van der Waals surface area contributed by atoms with Crippen LogP contribution in [0.15, 0.2) is 46.9 Å². The highest BCUT2D eigenvalue weighted by Gasteiger charge is 2.16. The zero-order valence-electron chi connectivity index (χ0n) is 16.5. The molecule has 1 aromatic carbocycles. The molecule has 0 saturated carbocycles. The number of anilines is 1. The first kappa shape index (κ1) is 20.1. The van der Waals surface area contributed by atoms with Gasteiger partial charge in [0.1, 0.15) is 24.6 Å². The van der Waals surface area contributed by atoms with Gasteiger partial charge >= 0.3 is 0 Å². The van der Waals surface area contributed by atoms with Crippen LogP contribution in [0.3, 0.4) is 0 Å². The van der Waals surface area contributed by atoms with E-state index in [4.69, 9.17) is 29.2 Å². The molecular weight excluding hydrogens is 390 g/mol. The van der Waals surface area contributed by atoms with Crippen LogP contribution in [0, 0.1) is 15.3 Å². The monoisotopic (exact) mass is 413 g/mol. The van der Waals surface area contributed by atoms with E-state index in [2.05, 4.69) is 51.9 Å². The smallest absolute Gasteiger partial charge is 0.203 e. The van der Waals surface area contributed by atoms with Gasteiger partial charge < -0.3 is 34.1 Å². The lowest BCUT2D eigenvalue weighted by molar-refractivity contribution is -0.402. The maximum absolute atomic E-state index is 8.25. The van der Waals surface area contributed by atoms with Crippen molar-refractivity contribution < 1.29 is 19.0 Å². The second-order valence-corrected chi connectivity index (χ2v) is 7.11. The van der Waals surface area contributed by atoms with Crippen molar-refractivity contribution in [3.8, 4) is 11.3 Å². The lowest BCUT2D eigenvalue weighted by Gasteiger charge is -2.28. The highest BCUT2D eigenvalue weighted by Crippen LogP contribution is 2.30. The molecule has 158 valence electrons. The minimum Gasteiger partial charge on any atom is -0.456 e. The molecule has 5 rings (SSSR count). The van der Waals surface area contributed by atoms with Crippen LogP contribution in [-0.2, 0) is 9.47 Å². The largest absolute Gasteiger partial charge is 0.456 e. The van der Waals surface area contributed by atoms with Crippen LogP contribution in [-0.4, -0.2) is 57.7 Å². The highest BCUT2D eigenvalue weighted by molar-refractivity contribution is 5.85. The van der Waals surface area contributed by atoms with Crippen molar-refractivity contribution in [3.05, 3.63) is 63.1 Å². The van der Waals surface area contributed by atoms with Crippen LogP contribution in [0.25, 0.3) is 22.3 Å². The molecule has 0 bridgehead atoms. The van der Waals surface area contributed by atoms with E-state index >= 15 is 0 Å². The summed E-state index contributed by atoms with van der Waals surface area (Å²) in [4.78, 5) is 10.6. The summed E-state index contributed by atoms with van der Waals surface area (Å²) in [5, 5.41) is 17.1. The molecular formula is C21H23N3O6. The van der Waals surface area contributed by atoms with Gasteiger partial charge in [-0.2, -0.15) is 0 Å². The lowest BCUT2D eigenvalue weighted by Crippen LogP contribution is -2.39. The number of morpholine rings is 2. The number of rotatable bonds is 1. The van der Waals surface area contributed by atoms with E-state index in [9.17, 15) is 0 Å². The van der Waals surface area contributed by atoms with E-state index in [-0.39, 0.29) is 0 Å². The number of nitrogens with zero attached hydrogens (tertiary/aromatic N) is 3. The fraction of sp³-hybridized carbons (Fsp3) is 0.381. The molecule has 2 fully saturated rings. The second-order valence-electron chi connectivity index (χ2n) is 7.11. The molecule has 1 aromatic rings. The van der Waals surface area contributed by atoms with Crippen LogP contribution in [0.5, 0.6) is 0 Å². The van der Waals surface area contributed by atoms with Gasteiger partial charge in [0, 0.05) is 41.9 Å². The Bertz CT molecular complexity index is 1060. The van der Waals surface area contributed by atoms with Gasteiger partial charge in [0.05, 0.1) is 24.4 Å². The van der Waals surface area contributed by atoms with Crippen LogP contribution >= 0.6 is 0 Å². The Balaban J connectivity index is 0.000000503. The van der Waals surface area contributed by atoms with Crippen molar-refractivity contribution in [1.82, 2.24) is 4.58 Å². The summed E-state index contributed by atoms with van der Waals surface area (Å²) in [5.41, 5.74) is 3.27. The summed E-state index contributed by atoms with van der Waals surface area (Å²) in [5.74, 6) is 0.931. The van der Waals surface area contributed by atoms with Gasteiger partial charge in [0.15, 0.2) is 13.1 Å². The fourth-order valence-corrected chi connectivity index (χ4v) is 3.78. The summed E-state index contributed by atoms with van der Waals surface area (Å²) < 4.78 is 19.6. The van der Waals surface area contributed by atoms with Gasteiger partial charge in [-0.1, -0.05) is 0 Å². The van der Waals surface area contributed by atoms with Gasteiger partial charge in [-0.25, -0.2) is 4.58 Å². The third kappa shape index (κ3) is 4.69. The molecule has 0 unspecified atom stereocenters. The summed E-state index contributed by atoms with van der Waals surface area (Å²) in [6.07, 6.45) is 0. The summed E-state index contributed by atoms with van der Waals surface area (Å²) >= 11 is 0. The molecule has 1 aliphatic carbocycles. The number of ether oxygens (including phenoxy) is 2. The molecule has 0 N–H and O–H groups in total. The summed E-state index contributed by atoms with van der Waals surface area (Å²) in [6.45, 7) is 6.87. The normalized spacial score (nSPS) is 16.9. The van der Waals surface area contributed by atoms with E-state index in [1.54, 1.807) is 0 Å². The number of benzene rings is 2. The maximum atomic E-state index is 8.25. The van der Waals surface area contributed by atoms with Crippen molar-refractivity contribution >= 4 is 16.7 Å². The van der Waals surface area contributed by atoms with Crippen molar-refractivity contribution in [3.63, 3.8) is 0 Å². The Morgan fingerprint density at radius 3 is 2.33 bits per heavy atom. The SMILES string of the molecule is O=[N+]([O-])[O-].c1cc(=[N+]2CCOCC2)cc2oc3cc(N4CCOCC4)ccc3cc1-2. The Morgan fingerprint density at radius 2 is 1.60 bits per heavy atom. The summed E-state index contributed by atoms with van der Waals surface area (Å²) in [7, 11) is 0. The number of hydrogen-bond acceptors (Lipinski definition) is 7. The van der Waals surface area contributed by atoms with E-state index in [0.717, 1.165) is 74.9 Å². The third-order valence-corrected chi connectivity index (χ3v) is 5.28. The predicted molar refractivity (Wildman–Crippen MR) is 112 cm³/mol. The first-order chi connectivity index (χ1) is 14.6. The fourth-order valence-electron chi connectivity index (χ4n) is 3.78. The van der Waals surface area contributed by atoms with Gasteiger partial charge in [-0.3, -0.25) is 0 Å². The van der Waals surface area contributed by atoms with Gasteiger partial charge in [0.2, 0.25) is 5.36 Å². The summed E-state index contributed by atoms with van der Waals surface area (Å²) in [6, 6.07) is 15.2. The third-order valence-electron chi connectivity index (χ3n) is 5.28. The Labute approximate surface area is 172 Å². The quantitative estimate of drug-likeness (QED) is 0.260. The Kier molecular flexibility index (Phi) is 6.10. The van der Waals surface area contributed by atoms with E-state index < -0.39 is 5.09 Å². The molecule has 0 aromatic heterocycles. The maximum Gasteiger partial charge on any atom is 0.203 e. The van der Waals surface area contributed by atoms with E-state index in [1.807, 2.05) is 0 Å². The van der Waals surface area contributed by atoms with E-state index in [1.165, 1.54) is 11.0 Å². The Morgan fingerprint density at radius 1 is 0.900 bits per heavy atom. The molecule has 9 nitrogen and oxygen atoms in total. The van der Waals surface area contributed by atoms with Gasteiger partial charge in [-0.05, 0) is 24.3 Å². The topological polar surface area (TPSA) is 104 Å². The molecule has 4 aliphatic rings. The molecule has 0 atom stereocenters. The van der Waals surface area contributed by atoms with Crippen molar-refractivity contribution in [1.29, 1.82) is 0 Å². The molecule has 3 aliphatic heterocycles. The van der Waals surface area contributed by atoms with Crippen molar-refractivity contribution in [2.24, 2.45) is 0 Å². The molecule has 30 heavy (non-hydrogen) atoms. The average Bonchev–Trinajstić information content (AvgIpc) is 2.78. The highest BCUT2D eigenvalue weighted by atomic mass is 16.9. The molecule has 0 spiro atoms. The van der Waals surface area contributed by atoms with Gasteiger partial charge in [0.25, 0.3) is 0 Å². The lowest BCUT2D eigenvalue weighted by atomic mass is 10.1. The molecule has 3 heterocycles. The number of hydrogen-bond donors (Lipinski definition) is 0. The van der Waals surface area contributed by atoms with Crippen LogP contribution in [0.1, 0.15) is 0 Å². The average molecular weight is 413 g/mol. The minimum atomic E-state index is -1.75. The molecule has 0 amide bonds. The second kappa shape index (κ2) is 9.10. The standard InChI is InChI=1S/C21H23N2O3.NO3/c1-3-18(22-5-9-24-10-6-22)14-20-16(1)13-17-2-4-19(15-21(17)26-20)23-7-11-25-12-8-23;2-1(3)4/h1-4,13-15H,5-12H2;/q+1;-1. The van der Waals surface area contributed by atoms with Crippen molar-refractivity contribution in [2.75, 3.05) is 57.5 Å². The van der Waals surface area contributed by atoms with E-state index in [0.29, 0.717) is 0 Å². The van der Waals surface area contributed by atoms with Crippen molar-refractivity contribution in [2.45, 2.75) is 0 Å². The zero-order chi connectivity index (χ0) is 20.9. The molecule has 0 radical (unpaired) electrons. The first-order valence-electron chi connectivity index (χ1n) is 9.88. The molecule has 9 heteroatoms. The minimum absolute atomic E-state index is 0.788. The van der Waals surface area contributed by atoms with Gasteiger partial charge in [-0.15, -0.1) is 0 Å². The number of fused-ring (bicyclic) bond motifs is 2. The Hall–Kier alpha value is -3.17. The van der Waals surface area contributed by atoms with Crippen LogP contribution < -0.4 is 14.8 Å². The molecule has 2 saturated heterocycles.